The minimum Gasteiger partial charge on any atom is -0.310 e. The summed E-state index contributed by atoms with van der Waals surface area (Å²) in [6.45, 7) is 0. The highest BCUT2D eigenvalue weighted by Crippen LogP contribution is 2.38. The van der Waals surface area contributed by atoms with Crippen LogP contribution in [0.15, 0.2) is 76.7 Å². The van der Waals surface area contributed by atoms with Gasteiger partial charge in [-0.1, -0.05) is 84.0 Å². The number of halogens is 1. The number of carbonyl (C=O) groups excluding carboxylic acids is 1. The molecule has 4 aromatic rings. The summed E-state index contributed by atoms with van der Waals surface area (Å²) in [6, 6.07) is 21.5. The summed E-state index contributed by atoms with van der Waals surface area (Å²) in [7, 11) is 0. The molecular weight excluding hydrogens is 430 g/mol. The molecule has 2 heterocycles. The van der Waals surface area contributed by atoms with Gasteiger partial charge in [-0.05, 0) is 28.0 Å². The van der Waals surface area contributed by atoms with E-state index >= 15 is 0 Å². The van der Waals surface area contributed by atoms with Gasteiger partial charge in [0.15, 0.2) is 5.16 Å². The van der Waals surface area contributed by atoms with Gasteiger partial charge >= 0.3 is 0 Å². The third-order valence-corrected chi connectivity index (χ3v) is 6.74. The van der Waals surface area contributed by atoms with Gasteiger partial charge in [0.2, 0.25) is 5.91 Å². The molecule has 3 aromatic carbocycles. The molecule has 1 atom stereocenters. The molecule has 31 heavy (non-hydrogen) atoms. The molecule has 1 unspecified atom stereocenters. The van der Waals surface area contributed by atoms with Gasteiger partial charge in [0.25, 0.3) is 5.56 Å². The van der Waals surface area contributed by atoms with Crippen molar-refractivity contribution in [2.24, 2.45) is 0 Å². The maximum absolute atomic E-state index is 13.1. The number of hydrogen-bond donors (Lipinski definition) is 2. The van der Waals surface area contributed by atoms with Crippen LogP contribution in [0, 0.1) is 0 Å². The zero-order chi connectivity index (χ0) is 21.4. The van der Waals surface area contributed by atoms with E-state index in [1.165, 1.54) is 11.8 Å². The van der Waals surface area contributed by atoms with E-state index in [0.29, 0.717) is 27.3 Å². The maximum Gasteiger partial charge on any atom is 0.257 e. The summed E-state index contributed by atoms with van der Waals surface area (Å²) in [4.78, 5) is 33.1. The summed E-state index contributed by atoms with van der Waals surface area (Å²) in [5.41, 5.74) is 2.17. The van der Waals surface area contributed by atoms with Gasteiger partial charge in [-0.15, -0.1) is 0 Å². The fourth-order valence-corrected chi connectivity index (χ4v) is 5.15. The van der Waals surface area contributed by atoms with Crippen molar-refractivity contribution in [1.29, 1.82) is 0 Å². The molecule has 1 aromatic heterocycles. The molecule has 0 bridgehead atoms. The van der Waals surface area contributed by atoms with Gasteiger partial charge in [-0.25, -0.2) is 4.98 Å². The molecule has 7 heteroatoms. The summed E-state index contributed by atoms with van der Waals surface area (Å²) in [5.74, 6) is 0.390. The zero-order valence-corrected chi connectivity index (χ0v) is 18.0. The first kappa shape index (κ1) is 19.8. The molecule has 0 fully saturated rings. The lowest BCUT2D eigenvalue weighted by Crippen LogP contribution is -2.31. The van der Waals surface area contributed by atoms with E-state index < -0.39 is 0 Å². The van der Waals surface area contributed by atoms with Crippen molar-refractivity contribution in [1.82, 2.24) is 9.97 Å². The van der Waals surface area contributed by atoms with E-state index in [-0.39, 0.29) is 23.8 Å². The second-order valence-corrected chi connectivity index (χ2v) is 8.76. The number of anilines is 1. The monoisotopic (exact) mass is 447 g/mol. The molecule has 1 aliphatic rings. The van der Waals surface area contributed by atoms with Crippen LogP contribution in [-0.2, 0) is 10.5 Å². The molecule has 1 aliphatic heterocycles. The van der Waals surface area contributed by atoms with E-state index in [1.54, 1.807) is 0 Å². The third-order valence-electron chi connectivity index (χ3n) is 5.45. The van der Waals surface area contributed by atoms with Crippen molar-refractivity contribution in [3.8, 4) is 0 Å². The SMILES string of the molecule is O=C1CC(c2cccc3ccccc23)c2c(nc(SCc3ccccc3Cl)[nH]c2=O)N1. The molecular formula is C24H18ClN3O2S. The van der Waals surface area contributed by atoms with Crippen LogP contribution in [0.2, 0.25) is 5.02 Å². The van der Waals surface area contributed by atoms with Crippen LogP contribution in [0.3, 0.4) is 0 Å². The number of carbonyl (C=O) groups is 1. The van der Waals surface area contributed by atoms with Crippen molar-refractivity contribution >= 4 is 45.9 Å². The average Bonchev–Trinajstić information content (AvgIpc) is 2.77. The quantitative estimate of drug-likeness (QED) is 0.327. The van der Waals surface area contributed by atoms with E-state index in [9.17, 15) is 9.59 Å². The molecule has 1 amide bonds. The van der Waals surface area contributed by atoms with Gasteiger partial charge in [0.1, 0.15) is 5.82 Å². The fourth-order valence-electron chi connectivity index (χ4n) is 4.00. The summed E-state index contributed by atoms with van der Waals surface area (Å²) in [6.07, 6.45) is 0.206. The first-order valence-corrected chi connectivity index (χ1v) is 11.2. The second-order valence-electron chi connectivity index (χ2n) is 7.39. The Labute approximate surface area is 187 Å². The van der Waals surface area contributed by atoms with Crippen LogP contribution < -0.4 is 10.9 Å². The highest BCUT2D eigenvalue weighted by Gasteiger charge is 2.31. The van der Waals surface area contributed by atoms with E-state index in [2.05, 4.69) is 15.3 Å². The van der Waals surface area contributed by atoms with Crippen molar-refractivity contribution in [3.05, 3.63) is 98.8 Å². The first-order chi connectivity index (χ1) is 15.1. The average molecular weight is 448 g/mol. The fraction of sp³-hybridized carbons (Fsp3) is 0.125. The van der Waals surface area contributed by atoms with E-state index in [0.717, 1.165) is 21.9 Å². The standard InChI is InChI=1S/C24H18ClN3O2S/c25-19-11-4-2-7-15(19)13-31-24-27-22-21(23(30)28-24)18(12-20(29)26-22)17-10-5-8-14-6-1-3-9-16(14)17/h1-11,18H,12-13H2,(H2,26,27,28,29,30). The van der Waals surface area contributed by atoms with Gasteiger partial charge in [-0.2, -0.15) is 0 Å². The van der Waals surface area contributed by atoms with E-state index in [1.807, 2.05) is 66.7 Å². The molecule has 0 saturated carbocycles. The predicted molar refractivity (Wildman–Crippen MR) is 125 cm³/mol. The second kappa shape index (κ2) is 8.21. The Morgan fingerprint density at radius 3 is 2.65 bits per heavy atom. The molecule has 5 rings (SSSR count). The minimum atomic E-state index is -0.353. The Bertz CT molecular complexity index is 1360. The lowest BCUT2D eigenvalue weighted by Gasteiger charge is -2.25. The number of rotatable bonds is 4. The van der Waals surface area contributed by atoms with Crippen molar-refractivity contribution in [2.45, 2.75) is 23.2 Å². The van der Waals surface area contributed by atoms with Crippen molar-refractivity contribution < 1.29 is 4.79 Å². The topological polar surface area (TPSA) is 74.8 Å². The van der Waals surface area contributed by atoms with Crippen LogP contribution in [0.4, 0.5) is 5.82 Å². The van der Waals surface area contributed by atoms with E-state index in [4.69, 9.17) is 11.6 Å². The number of aromatic nitrogens is 2. The molecule has 154 valence electrons. The molecule has 5 nitrogen and oxygen atoms in total. The lowest BCUT2D eigenvalue weighted by atomic mass is 9.84. The number of fused-ring (bicyclic) bond motifs is 2. The number of hydrogen-bond acceptors (Lipinski definition) is 4. The summed E-state index contributed by atoms with van der Waals surface area (Å²) < 4.78 is 0. The van der Waals surface area contributed by atoms with Crippen LogP contribution >= 0.6 is 23.4 Å². The zero-order valence-electron chi connectivity index (χ0n) is 16.4. The smallest absolute Gasteiger partial charge is 0.257 e. The Hall–Kier alpha value is -3.09. The maximum atomic E-state index is 13.1. The number of thioether (sulfide) groups is 1. The molecule has 2 N–H and O–H groups in total. The van der Waals surface area contributed by atoms with Crippen molar-refractivity contribution in [3.63, 3.8) is 0 Å². The van der Waals surface area contributed by atoms with Gasteiger partial charge in [-0.3, -0.25) is 9.59 Å². The highest BCUT2D eigenvalue weighted by atomic mass is 35.5. The number of nitrogens with zero attached hydrogens (tertiary/aromatic N) is 1. The predicted octanol–water partition coefficient (Wildman–Crippen LogP) is 5.34. The van der Waals surface area contributed by atoms with Gasteiger partial charge in [0, 0.05) is 23.1 Å². The summed E-state index contributed by atoms with van der Waals surface area (Å²) >= 11 is 7.60. The molecule has 0 spiro atoms. The highest BCUT2D eigenvalue weighted by molar-refractivity contribution is 7.98. The van der Waals surface area contributed by atoms with Crippen LogP contribution in [0.5, 0.6) is 0 Å². The van der Waals surface area contributed by atoms with Crippen molar-refractivity contribution in [2.75, 3.05) is 5.32 Å². The Kier molecular flexibility index (Phi) is 5.26. The molecule has 0 radical (unpaired) electrons. The third kappa shape index (κ3) is 3.84. The van der Waals surface area contributed by atoms with Crippen LogP contribution in [0.1, 0.15) is 29.0 Å². The minimum absolute atomic E-state index is 0.148. The van der Waals surface area contributed by atoms with Gasteiger partial charge < -0.3 is 10.3 Å². The Morgan fingerprint density at radius 1 is 1.00 bits per heavy atom. The normalized spacial score (nSPS) is 15.5. The Balaban J connectivity index is 1.54. The first-order valence-electron chi connectivity index (χ1n) is 9.88. The largest absolute Gasteiger partial charge is 0.310 e. The van der Waals surface area contributed by atoms with Gasteiger partial charge in [0.05, 0.1) is 5.56 Å². The van der Waals surface area contributed by atoms with Crippen LogP contribution in [0.25, 0.3) is 10.8 Å². The summed E-state index contributed by atoms with van der Waals surface area (Å²) in [5, 5.41) is 6.01. The van der Waals surface area contributed by atoms with Crippen LogP contribution in [-0.4, -0.2) is 15.9 Å². The number of aromatic amines is 1. The number of H-pyrrole nitrogens is 1. The molecule has 0 saturated heterocycles. The lowest BCUT2D eigenvalue weighted by molar-refractivity contribution is -0.116. The number of amides is 1. The number of benzene rings is 3. The number of nitrogens with one attached hydrogen (secondary N) is 2. The molecule has 0 aliphatic carbocycles. The Morgan fingerprint density at radius 2 is 1.77 bits per heavy atom.